The zero-order valence-corrected chi connectivity index (χ0v) is 16.6. The fraction of sp³-hybridized carbons (Fsp3) is 0.100. The van der Waals surface area contributed by atoms with E-state index >= 15 is 0 Å². The van der Waals surface area contributed by atoms with E-state index in [1.807, 2.05) is 0 Å². The van der Waals surface area contributed by atoms with Gasteiger partial charge in [0.2, 0.25) is 0 Å². The summed E-state index contributed by atoms with van der Waals surface area (Å²) in [6.45, 7) is 0. The van der Waals surface area contributed by atoms with Crippen LogP contribution < -0.4 is 16.0 Å². The Hall–Kier alpha value is -3.54. The second-order valence-corrected chi connectivity index (χ2v) is 7.29. The van der Waals surface area contributed by atoms with E-state index < -0.39 is 41.1 Å². The highest BCUT2D eigenvalue weighted by molar-refractivity contribution is 7.12. The molecule has 2 aromatic carbocycles. The highest BCUT2D eigenvalue weighted by atomic mass is 32.1. The van der Waals surface area contributed by atoms with Crippen LogP contribution in [0, 0.1) is 0 Å². The normalized spacial score (nSPS) is 11.7. The zero-order valence-electron chi connectivity index (χ0n) is 15.8. The summed E-state index contributed by atoms with van der Waals surface area (Å²) < 4.78 is 78.7. The minimum absolute atomic E-state index is 0.201. The molecule has 5 nitrogen and oxygen atoms in total. The Morgan fingerprint density at radius 3 is 2.03 bits per heavy atom. The maximum Gasteiger partial charge on any atom is 0.418 e. The van der Waals surface area contributed by atoms with Gasteiger partial charge in [0.15, 0.2) is 0 Å². The molecule has 0 aliphatic rings. The van der Waals surface area contributed by atoms with Crippen LogP contribution in [0.4, 0.5) is 48.2 Å². The van der Waals surface area contributed by atoms with Crippen LogP contribution in [-0.4, -0.2) is 11.9 Å². The molecule has 3 amide bonds. The Morgan fingerprint density at radius 2 is 1.44 bits per heavy atom. The number of hydrogen-bond acceptors (Lipinski definition) is 3. The van der Waals surface area contributed by atoms with Crippen molar-refractivity contribution in [2.24, 2.45) is 0 Å². The molecule has 1 heterocycles. The van der Waals surface area contributed by atoms with E-state index in [1.54, 1.807) is 11.4 Å². The molecular formula is C20H13F6N3O2S. The second-order valence-electron chi connectivity index (χ2n) is 6.35. The topological polar surface area (TPSA) is 70.2 Å². The number of anilines is 3. The van der Waals surface area contributed by atoms with Gasteiger partial charge in [-0.3, -0.25) is 4.79 Å². The predicted octanol–water partition coefficient (Wildman–Crippen LogP) is 6.68. The van der Waals surface area contributed by atoms with Crippen LogP contribution in [0.3, 0.4) is 0 Å². The number of rotatable bonds is 4. The summed E-state index contributed by atoms with van der Waals surface area (Å²) in [5.74, 6) is -0.728. The number of thiophene rings is 1. The van der Waals surface area contributed by atoms with Gasteiger partial charge in [-0.2, -0.15) is 26.3 Å². The van der Waals surface area contributed by atoms with Crippen molar-refractivity contribution in [2.75, 3.05) is 16.0 Å². The summed E-state index contributed by atoms with van der Waals surface area (Å²) in [5, 5.41) is 8.02. The number of urea groups is 1. The average Bonchev–Trinajstić information content (AvgIpc) is 3.23. The standard InChI is InChI=1S/C20H13F6N3O2S/c21-19(22,23)11-3-1-4-12(9-11)27-18(31)28-13-6-7-15(14(10-13)20(24,25)26)29-17(30)16-5-2-8-32-16/h1-10H,(H,29,30)(H2,27,28,31). The van der Waals surface area contributed by atoms with E-state index in [9.17, 15) is 35.9 Å². The third kappa shape index (κ3) is 5.78. The van der Waals surface area contributed by atoms with Gasteiger partial charge in [-0.1, -0.05) is 12.1 Å². The van der Waals surface area contributed by atoms with Crippen molar-refractivity contribution in [3.05, 3.63) is 76.0 Å². The van der Waals surface area contributed by atoms with Crippen molar-refractivity contribution >= 4 is 40.3 Å². The molecular weight excluding hydrogens is 460 g/mol. The molecule has 0 bridgehead atoms. The lowest BCUT2D eigenvalue weighted by atomic mass is 10.1. The van der Waals surface area contributed by atoms with Gasteiger partial charge in [0.05, 0.1) is 21.7 Å². The molecule has 0 radical (unpaired) electrons. The van der Waals surface area contributed by atoms with E-state index in [0.717, 1.165) is 35.6 Å². The van der Waals surface area contributed by atoms with Gasteiger partial charge in [-0.15, -0.1) is 11.3 Å². The number of nitrogens with one attached hydrogen (secondary N) is 3. The number of halogens is 6. The third-order valence-electron chi connectivity index (χ3n) is 4.02. The van der Waals surface area contributed by atoms with Crippen molar-refractivity contribution in [1.29, 1.82) is 0 Å². The van der Waals surface area contributed by atoms with Crippen LogP contribution in [0.5, 0.6) is 0 Å². The fourth-order valence-electron chi connectivity index (χ4n) is 2.62. The Morgan fingerprint density at radius 1 is 0.750 bits per heavy atom. The lowest BCUT2D eigenvalue weighted by Gasteiger charge is -2.16. The van der Waals surface area contributed by atoms with Gasteiger partial charge in [0, 0.05) is 11.4 Å². The maximum atomic E-state index is 13.5. The molecule has 0 atom stereocenters. The van der Waals surface area contributed by atoms with Gasteiger partial charge in [-0.25, -0.2) is 4.79 Å². The van der Waals surface area contributed by atoms with Crippen LogP contribution in [0.15, 0.2) is 60.0 Å². The third-order valence-corrected chi connectivity index (χ3v) is 4.89. The van der Waals surface area contributed by atoms with Crippen LogP contribution in [0.1, 0.15) is 20.8 Å². The quantitative estimate of drug-likeness (QED) is 0.370. The highest BCUT2D eigenvalue weighted by Crippen LogP contribution is 2.37. The van der Waals surface area contributed by atoms with E-state index in [2.05, 4.69) is 16.0 Å². The Balaban J connectivity index is 1.77. The van der Waals surface area contributed by atoms with Gasteiger partial charge < -0.3 is 16.0 Å². The van der Waals surface area contributed by atoms with Crippen LogP contribution >= 0.6 is 11.3 Å². The molecule has 3 aromatic rings. The molecule has 0 saturated carbocycles. The summed E-state index contributed by atoms with van der Waals surface area (Å²) in [4.78, 5) is 24.4. The smallest absolute Gasteiger partial charge is 0.321 e. The van der Waals surface area contributed by atoms with E-state index in [1.165, 1.54) is 12.1 Å². The average molecular weight is 473 g/mol. The van der Waals surface area contributed by atoms with Gasteiger partial charge in [0.1, 0.15) is 0 Å². The number of benzene rings is 2. The number of amides is 3. The zero-order chi connectivity index (χ0) is 23.5. The molecule has 0 fully saturated rings. The molecule has 3 N–H and O–H groups in total. The van der Waals surface area contributed by atoms with E-state index in [-0.39, 0.29) is 16.3 Å². The monoisotopic (exact) mass is 473 g/mol. The van der Waals surface area contributed by atoms with Gasteiger partial charge in [-0.05, 0) is 47.8 Å². The number of carbonyl (C=O) groups is 2. The Bertz CT molecular complexity index is 1130. The van der Waals surface area contributed by atoms with Crippen molar-refractivity contribution in [1.82, 2.24) is 0 Å². The van der Waals surface area contributed by atoms with Crippen molar-refractivity contribution in [2.45, 2.75) is 12.4 Å². The highest BCUT2D eigenvalue weighted by Gasteiger charge is 2.34. The summed E-state index contributed by atoms with van der Waals surface area (Å²) in [6.07, 6.45) is -9.48. The first-order valence-corrected chi connectivity index (χ1v) is 9.63. The first kappa shape index (κ1) is 23.1. The van der Waals surface area contributed by atoms with Crippen LogP contribution in [-0.2, 0) is 12.4 Å². The lowest BCUT2D eigenvalue weighted by Crippen LogP contribution is -2.21. The second kappa shape index (κ2) is 8.91. The van der Waals surface area contributed by atoms with Gasteiger partial charge in [0.25, 0.3) is 5.91 Å². The van der Waals surface area contributed by atoms with Crippen molar-refractivity contribution in [3.8, 4) is 0 Å². The molecule has 168 valence electrons. The Kier molecular flexibility index (Phi) is 6.44. The van der Waals surface area contributed by atoms with E-state index in [0.29, 0.717) is 12.1 Å². The van der Waals surface area contributed by atoms with Crippen molar-refractivity contribution < 1.29 is 35.9 Å². The molecule has 3 rings (SSSR count). The minimum atomic E-state index is -4.85. The summed E-state index contributed by atoms with van der Waals surface area (Å²) >= 11 is 1.05. The van der Waals surface area contributed by atoms with Crippen LogP contribution in [0.2, 0.25) is 0 Å². The fourth-order valence-corrected chi connectivity index (χ4v) is 3.24. The lowest BCUT2D eigenvalue weighted by molar-refractivity contribution is -0.138. The molecule has 0 saturated heterocycles. The largest absolute Gasteiger partial charge is 0.418 e. The summed E-state index contributed by atoms with van der Waals surface area (Å²) in [7, 11) is 0. The Labute approximate surface area is 181 Å². The van der Waals surface area contributed by atoms with Crippen molar-refractivity contribution in [3.63, 3.8) is 0 Å². The first-order valence-electron chi connectivity index (χ1n) is 8.75. The summed E-state index contributed by atoms with van der Waals surface area (Å²) in [6, 6.07) is 8.42. The predicted molar refractivity (Wildman–Crippen MR) is 108 cm³/mol. The number of carbonyl (C=O) groups excluding carboxylic acids is 2. The van der Waals surface area contributed by atoms with Gasteiger partial charge >= 0.3 is 18.4 Å². The molecule has 0 aliphatic carbocycles. The first-order chi connectivity index (χ1) is 14.9. The number of alkyl halides is 6. The molecule has 12 heteroatoms. The molecule has 0 aliphatic heterocycles. The molecule has 32 heavy (non-hydrogen) atoms. The number of hydrogen-bond donors (Lipinski definition) is 3. The maximum absolute atomic E-state index is 13.5. The van der Waals surface area contributed by atoms with E-state index in [4.69, 9.17) is 0 Å². The minimum Gasteiger partial charge on any atom is -0.321 e. The molecule has 0 spiro atoms. The van der Waals surface area contributed by atoms with Crippen LogP contribution in [0.25, 0.3) is 0 Å². The SMILES string of the molecule is O=C(Nc1cccc(C(F)(F)F)c1)Nc1ccc(NC(=O)c2cccs2)c(C(F)(F)F)c1. The summed E-state index contributed by atoms with van der Waals surface area (Å²) in [5.41, 5.74) is -3.20. The molecule has 1 aromatic heterocycles. The molecule has 0 unspecified atom stereocenters.